The van der Waals surface area contributed by atoms with Crippen molar-refractivity contribution in [3.8, 4) is 0 Å². The van der Waals surface area contributed by atoms with Gasteiger partial charge in [-0.05, 0) is 12.8 Å². The number of hydrogen-bond acceptors (Lipinski definition) is 1. The fourth-order valence-corrected chi connectivity index (χ4v) is 0.381. The lowest BCUT2D eigenvalue weighted by atomic mass is 10.3. The van der Waals surface area contributed by atoms with E-state index < -0.39 is 5.56 Å². The maximum atomic E-state index is 8.40. The minimum absolute atomic E-state index is 0.602. The molecule has 1 atom stereocenters. The first-order valence-electron chi connectivity index (χ1n) is 2.20. The van der Waals surface area contributed by atoms with E-state index in [-0.39, 0.29) is 0 Å². The van der Waals surface area contributed by atoms with Gasteiger partial charge in [-0.3, -0.25) is 0 Å². The zero-order valence-corrected chi connectivity index (χ0v) is 4.86. The van der Waals surface area contributed by atoms with E-state index in [1.807, 2.05) is 0 Å². The molecule has 0 saturated heterocycles. The molecule has 0 aromatic rings. The summed E-state index contributed by atoms with van der Waals surface area (Å²) in [4.78, 5) is 0. The highest BCUT2D eigenvalue weighted by Crippen LogP contribution is 1.99. The summed E-state index contributed by atoms with van der Waals surface area (Å²) in [6, 6.07) is 0. The number of hydrogen-bond donors (Lipinski definition) is 1. The summed E-state index contributed by atoms with van der Waals surface area (Å²) >= 11 is 5.16. The normalized spacial score (nSPS) is 13.4. The number of alkyl halides is 1. The van der Waals surface area contributed by atoms with Crippen molar-refractivity contribution in [1.82, 2.24) is 0 Å². The Hall–Kier alpha value is -0.0100. The summed E-state index contributed by atoms with van der Waals surface area (Å²) in [6.45, 7) is 3.46. The molecule has 0 aliphatic heterocycles. The Kier molecular flexibility index (Phi) is 4.15. The van der Waals surface area contributed by atoms with Crippen molar-refractivity contribution in [2.75, 3.05) is 0 Å². The van der Waals surface area contributed by atoms with E-state index in [0.29, 0.717) is 6.42 Å². The second-order valence-corrected chi connectivity index (χ2v) is 1.80. The van der Waals surface area contributed by atoms with Crippen LogP contribution in [0.5, 0.6) is 0 Å². The van der Waals surface area contributed by atoms with Crippen molar-refractivity contribution in [3.05, 3.63) is 12.7 Å². The van der Waals surface area contributed by atoms with Gasteiger partial charge in [0.2, 0.25) is 0 Å². The van der Waals surface area contributed by atoms with Crippen LogP contribution in [0.15, 0.2) is 12.7 Å². The summed E-state index contributed by atoms with van der Waals surface area (Å²) in [5, 5.41) is 8.40. The maximum absolute atomic E-state index is 8.40. The van der Waals surface area contributed by atoms with Gasteiger partial charge in [-0.25, -0.2) is 0 Å². The van der Waals surface area contributed by atoms with E-state index in [2.05, 4.69) is 6.58 Å². The first kappa shape index (κ1) is 6.99. The lowest BCUT2D eigenvalue weighted by Crippen LogP contribution is -1.92. The minimum atomic E-state index is -0.696. The van der Waals surface area contributed by atoms with Crippen LogP contribution >= 0.6 is 11.6 Å². The van der Waals surface area contributed by atoms with Crippen LogP contribution in [-0.4, -0.2) is 10.7 Å². The number of allylic oxidation sites excluding steroid dienone is 1. The largest absolute Gasteiger partial charge is 0.378 e. The molecular formula is C5H9ClO. The molecule has 0 aliphatic rings. The molecule has 1 unspecified atom stereocenters. The Bertz CT molecular complexity index is 52.0. The lowest BCUT2D eigenvalue weighted by molar-refractivity contribution is 0.247. The second-order valence-electron chi connectivity index (χ2n) is 1.30. The Labute approximate surface area is 48.6 Å². The molecule has 0 aromatic heterocycles. The first-order chi connectivity index (χ1) is 3.27. The summed E-state index contributed by atoms with van der Waals surface area (Å²) in [5.41, 5.74) is -0.696. The molecular weight excluding hydrogens is 112 g/mol. The van der Waals surface area contributed by atoms with Gasteiger partial charge in [-0.2, -0.15) is 0 Å². The van der Waals surface area contributed by atoms with Crippen LogP contribution in [0.3, 0.4) is 0 Å². The van der Waals surface area contributed by atoms with Crippen LogP contribution in [-0.2, 0) is 0 Å². The number of aliphatic hydroxyl groups is 1. The third-order valence-electron chi connectivity index (χ3n) is 0.609. The van der Waals surface area contributed by atoms with E-state index in [1.54, 1.807) is 6.08 Å². The van der Waals surface area contributed by atoms with E-state index in [9.17, 15) is 0 Å². The first-order valence-corrected chi connectivity index (χ1v) is 2.64. The molecule has 2 heteroatoms. The Balaban J connectivity index is 2.81. The van der Waals surface area contributed by atoms with Crippen molar-refractivity contribution in [2.45, 2.75) is 18.4 Å². The van der Waals surface area contributed by atoms with Crippen molar-refractivity contribution < 1.29 is 5.11 Å². The summed E-state index contributed by atoms with van der Waals surface area (Å²) < 4.78 is 0. The molecule has 1 nitrogen and oxygen atoms in total. The van der Waals surface area contributed by atoms with Crippen molar-refractivity contribution >= 4 is 11.6 Å². The van der Waals surface area contributed by atoms with Gasteiger partial charge in [0.1, 0.15) is 5.56 Å². The van der Waals surface area contributed by atoms with Gasteiger partial charge >= 0.3 is 0 Å². The van der Waals surface area contributed by atoms with Crippen molar-refractivity contribution in [3.63, 3.8) is 0 Å². The molecule has 0 bridgehead atoms. The highest BCUT2D eigenvalue weighted by Gasteiger charge is 1.91. The quantitative estimate of drug-likeness (QED) is 0.442. The molecule has 7 heavy (non-hydrogen) atoms. The van der Waals surface area contributed by atoms with Crippen molar-refractivity contribution in [1.29, 1.82) is 0 Å². The van der Waals surface area contributed by atoms with E-state index in [0.717, 1.165) is 6.42 Å². The average molecular weight is 121 g/mol. The SMILES string of the molecule is C=CCCC(O)Cl. The molecule has 0 amide bonds. The molecule has 0 heterocycles. The Morgan fingerprint density at radius 3 is 2.57 bits per heavy atom. The number of halogens is 1. The smallest absolute Gasteiger partial charge is 0.128 e. The van der Waals surface area contributed by atoms with Gasteiger partial charge < -0.3 is 5.11 Å². The predicted molar refractivity (Wildman–Crippen MR) is 31.3 cm³/mol. The van der Waals surface area contributed by atoms with Gasteiger partial charge in [0, 0.05) is 0 Å². The van der Waals surface area contributed by atoms with Crippen molar-refractivity contribution in [2.24, 2.45) is 0 Å². The predicted octanol–water partition coefficient (Wildman–Crippen LogP) is 1.51. The zero-order chi connectivity index (χ0) is 5.70. The van der Waals surface area contributed by atoms with Gasteiger partial charge in [0.05, 0.1) is 0 Å². The summed E-state index contributed by atoms with van der Waals surface area (Å²) in [6.07, 6.45) is 3.11. The topological polar surface area (TPSA) is 20.2 Å². The summed E-state index contributed by atoms with van der Waals surface area (Å²) in [7, 11) is 0. The Morgan fingerprint density at radius 1 is 1.86 bits per heavy atom. The van der Waals surface area contributed by atoms with E-state index in [1.165, 1.54) is 0 Å². The fourth-order valence-electron chi connectivity index (χ4n) is 0.255. The maximum Gasteiger partial charge on any atom is 0.128 e. The fraction of sp³-hybridized carbons (Fsp3) is 0.600. The molecule has 1 N–H and O–H groups in total. The van der Waals surface area contributed by atoms with E-state index in [4.69, 9.17) is 16.7 Å². The minimum Gasteiger partial charge on any atom is -0.378 e. The van der Waals surface area contributed by atoms with Crippen LogP contribution in [0.25, 0.3) is 0 Å². The highest BCUT2D eigenvalue weighted by molar-refractivity contribution is 6.19. The second kappa shape index (κ2) is 4.16. The number of rotatable bonds is 3. The number of aliphatic hydroxyl groups excluding tert-OH is 1. The molecule has 0 radical (unpaired) electrons. The molecule has 0 rings (SSSR count). The van der Waals surface area contributed by atoms with Gasteiger partial charge in [0.15, 0.2) is 0 Å². The van der Waals surface area contributed by atoms with Gasteiger partial charge in [-0.15, -0.1) is 6.58 Å². The van der Waals surface area contributed by atoms with Gasteiger partial charge in [0.25, 0.3) is 0 Å². The molecule has 42 valence electrons. The molecule has 0 saturated carbocycles. The van der Waals surface area contributed by atoms with E-state index >= 15 is 0 Å². The van der Waals surface area contributed by atoms with Crippen LogP contribution < -0.4 is 0 Å². The van der Waals surface area contributed by atoms with Crippen LogP contribution in [0.1, 0.15) is 12.8 Å². The zero-order valence-electron chi connectivity index (χ0n) is 4.10. The molecule has 0 aliphatic carbocycles. The molecule has 0 fully saturated rings. The third kappa shape index (κ3) is 5.99. The van der Waals surface area contributed by atoms with Crippen LogP contribution in [0.2, 0.25) is 0 Å². The monoisotopic (exact) mass is 120 g/mol. The highest BCUT2D eigenvalue weighted by atomic mass is 35.5. The Morgan fingerprint density at radius 2 is 2.43 bits per heavy atom. The van der Waals surface area contributed by atoms with Crippen LogP contribution in [0, 0.1) is 0 Å². The third-order valence-corrected chi connectivity index (χ3v) is 0.827. The van der Waals surface area contributed by atoms with Crippen LogP contribution in [0.4, 0.5) is 0 Å². The standard InChI is InChI=1S/C5H9ClO/c1-2-3-4-5(6)7/h2,5,7H,1,3-4H2. The molecule has 0 aromatic carbocycles. The molecule has 0 spiro atoms. The van der Waals surface area contributed by atoms with Gasteiger partial charge in [-0.1, -0.05) is 17.7 Å². The summed E-state index contributed by atoms with van der Waals surface area (Å²) in [5.74, 6) is 0. The lowest BCUT2D eigenvalue weighted by Gasteiger charge is -1.93. The average Bonchev–Trinajstić information content (AvgIpc) is 1.61.